The van der Waals surface area contributed by atoms with Crippen LogP contribution in [-0.2, 0) is 4.79 Å². The van der Waals surface area contributed by atoms with Gasteiger partial charge in [-0.25, -0.2) is 4.98 Å². The SMILES string of the molecule is Cc1ccn2c(C=C3SC(=NC4CCCCC4)NC3=O)cnc2c1. The van der Waals surface area contributed by atoms with E-state index in [9.17, 15) is 4.79 Å². The topological polar surface area (TPSA) is 58.8 Å². The van der Waals surface area contributed by atoms with Crippen LogP contribution in [0.4, 0.5) is 0 Å². The van der Waals surface area contributed by atoms with Crippen molar-refractivity contribution in [2.75, 3.05) is 0 Å². The van der Waals surface area contributed by atoms with Crippen molar-refractivity contribution in [2.24, 2.45) is 4.99 Å². The fourth-order valence-corrected chi connectivity index (χ4v) is 4.08. The molecule has 0 aromatic carbocycles. The number of aliphatic imine (C=N–C) groups is 1. The van der Waals surface area contributed by atoms with Crippen molar-refractivity contribution in [1.29, 1.82) is 0 Å². The lowest BCUT2D eigenvalue weighted by atomic mass is 9.96. The lowest BCUT2D eigenvalue weighted by Gasteiger charge is -2.17. The largest absolute Gasteiger partial charge is 0.301 e. The highest BCUT2D eigenvalue weighted by Crippen LogP contribution is 2.28. The van der Waals surface area contributed by atoms with E-state index in [1.165, 1.54) is 36.6 Å². The summed E-state index contributed by atoms with van der Waals surface area (Å²) in [5, 5.41) is 3.64. The molecule has 1 aliphatic heterocycles. The number of aromatic nitrogens is 2. The van der Waals surface area contributed by atoms with Crippen molar-refractivity contribution in [1.82, 2.24) is 14.7 Å². The highest BCUT2D eigenvalue weighted by Gasteiger charge is 2.25. The van der Waals surface area contributed by atoms with E-state index in [0.29, 0.717) is 10.9 Å². The Hall–Kier alpha value is -2.08. The van der Waals surface area contributed by atoms with Gasteiger partial charge in [0.05, 0.1) is 22.8 Å². The minimum Gasteiger partial charge on any atom is -0.301 e. The summed E-state index contributed by atoms with van der Waals surface area (Å²) in [6.07, 6.45) is 11.7. The van der Waals surface area contributed by atoms with Crippen molar-refractivity contribution in [3.8, 4) is 0 Å². The van der Waals surface area contributed by atoms with Crippen molar-refractivity contribution in [3.05, 3.63) is 40.7 Å². The highest BCUT2D eigenvalue weighted by molar-refractivity contribution is 8.18. The molecule has 4 rings (SSSR count). The van der Waals surface area contributed by atoms with Crippen LogP contribution in [0.15, 0.2) is 34.4 Å². The van der Waals surface area contributed by atoms with Gasteiger partial charge in [-0.3, -0.25) is 9.79 Å². The molecule has 1 amide bonds. The third-order valence-corrected chi connectivity index (χ3v) is 5.43. The van der Waals surface area contributed by atoms with Gasteiger partial charge in [0.2, 0.25) is 0 Å². The molecule has 0 unspecified atom stereocenters. The number of fused-ring (bicyclic) bond motifs is 1. The Kier molecular flexibility index (Phi) is 4.14. The maximum absolute atomic E-state index is 12.2. The standard InChI is InChI=1S/C18H20N4OS/c1-12-7-8-22-14(11-19-16(22)9-12)10-15-17(23)21-18(24-15)20-13-5-3-2-4-6-13/h7-11,13H,2-6H2,1H3,(H,20,21,23). The molecule has 0 spiro atoms. The molecule has 124 valence electrons. The minimum atomic E-state index is -0.0726. The molecule has 0 atom stereocenters. The minimum absolute atomic E-state index is 0.0726. The quantitative estimate of drug-likeness (QED) is 0.851. The fourth-order valence-electron chi connectivity index (χ4n) is 3.21. The zero-order chi connectivity index (χ0) is 16.5. The van der Waals surface area contributed by atoms with Crippen LogP contribution in [0.5, 0.6) is 0 Å². The molecular weight excluding hydrogens is 320 g/mol. The van der Waals surface area contributed by atoms with Gasteiger partial charge in [-0.1, -0.05) is 19.3 Å². The number of amides is 1. The van der Waals surface area contributed by atoms with Gasteiger partial charge in [0, 0.05) is 6.20 Å². The van der Waals surface area contributed by atoms with Gasteiger partial charge < -0.3 is 9.72 Å². The number of amidine groups is 1. The summed E-state index contributed by atoms with van der Waals surface area (Å²) in [5.74, 6) is -0.0726. The number of carbonyl (C=O) groups is 1. The molecule has 0 bridgehead atoms. The number of hydrogen-bond acceptors (Lipinski definition) is 4. The summed E-state index contributed by atoms with van der Waals surface area (Å²) in [5.41, 5.74) is 2.96. The predicted octanol–water partition coefficient (Wildman–Crippen LogP) is 3.54. The first-order valence-electron chi connectivity index (χ1n) is 8.41. The summed E-state index contributed by atoms with van der Waals surface area (Å²) in [6.45, 7) is 2.04. The van der Waals surface area contributed by atoms with E-state index in [2.05, 4.69) is 10.3 Å². The number of carbonyl (C=O) groups excluding carboxylic acids is 1. The van der Waals surface area contributed by atoms with Crippen LogP contribution in [0.3, 0.4) is 0 Å². The maximum Gasteiger partial charge on any atom is 0.264 e. The normalized spacial score (nSPS) is 22.6. The van der Waals surface area contributed by atoms with Crippen molar-refractivity contribution >= 4 is 34.6 Å². The van der Waals surface area contributed by atoms with Crippen LogP contribution in [0.1, 0.15) is 43.4 Å². The van der Waals surface area contributed by atoms with Crippen molar-refractivity contribution < 1.29 is 4.79 Å². The molecule has 5 nitrogen and oxygen atoms in total. The molecule has 6 heteroatoms. The summed E-state index contributed by atoms with van der Waals surface area (Å²) in [4.78, 5) is 22.0. The smallest absolute Gasteiger partial charge is 0.264 e. The second-order valence-corrected chi connectivity index (χ2v) is 7.44. The summed E-state index contributed by atoms with van der Waals surface area (Å²) < 4.78 is 1.99. The Morgan fingerprint density at radius 3 is 3.04 bits per heavy atom. The first-order valence-corrected chi connectivity index (χ1v) is 9.23. The van der Waals surface area contributed by atoms with Crippen LogP contribution < -0.4 is 5.32 Å². The van der Waals surface area contributed by atoms with Gasteiger partial charge in [-0.15, -0.1) is 0 Å². The lowest BCUT2D eigenvalue weighted by molar-refractivity contribution is -0.115. The third-order valence-electron chi connectivity index (χ3n) is 4.50. The summed E-state index contributed by atoms with van der Waals surface area (Å²) in [6, 6.07) is 4.42. The highest BCUT2D eigenvalue weighted by atomic mass is 32.2. The number of rotatable bonds is 2. The van der Waals surface area contributed by atoms with Gasteiger partial charge >= 0.3 is 0 Å². The zero-order valence-corrected chi connectivity index (χ0v) is 14.5. The van der Waals surface area contributed by atoms with Crippen LogP contribution in [-0.4, -0.2) is 26.5 Å². The van der Waals surface area contributed by atoms with E-state index in [0.717, 1.165) is 29.4 Å². The van der Waals surface area contributed by atoms with Crippen LogP contribution in [0.25, 0.3) is 11.7 Å². The second kappa shape index (κ2) is 6.43. The lowest BCUT2D eigenvalue weighted by Crippen LogP contribution is -2.22. The number of pyridine rings is 1. The Morgan fingerprint density at radius 2 is 2.21 bits per heavy atom. The Labute approximate surface area is 145 Å². The summed E-state index contributed by atoms with van der Waals surface area (Å²) in [7, 11) is 0. The Morgan fingerprint density at radius 1 is 1.38 bits per heavy atom. The number of nitrogens with zero attached hydrogens (tertiary/aromatic N) is 3. The Bertz CT molecular complexity index is 846. The van der Waals surface area contributed by atoms with Gasteiger partial charge in [0.1, 0.15) is 5.65 Å². The molecule has 2 aromatic rings. The molecule has 0 radical (unpaired) electrons. The Balaban J connectivity index is 1.58. The molecule has 1 aliphatic carbocycles. The number of imidazole rings is 1. The van der Waals surface area contributed by atoms with Crippen LogP contribution in [0.2, 0.25) is 0 Å². The fraction of sp³-hybridized carbons (Fsp3) is 0.389. The molecule has 1 N–H and O–H groups in total. The van der Waals surface area contributed by atoms with E-state index in [4.69, 9.17) is 4.99 Å². The van der Waals surface area contributed by atoms with Gasteiger partial charge in [0.25, 0.3) is 5.91 Å². The van der Waals surface area contributed by atoms with Crippen LogP contribution >= 0.6 is 11.8 Å². The number of thioether (sulfide) groups is 1. The zero-order valence-electron chi connectivity index (χ0n) is 13.7. The first kappa shape index (κ1) is 15.4. The van der Waals surface area contributed by atoms with Gasteiger partial charge in [0.15, 0.2) is 5.17 Å². The number of aryl methyl sites for hydroxylation is 1. The molecule has 2 fully saturated rings. The average Bonchev–Trinajstić information content (AvgIpc) is 3.12. The monoisotopic (exact) mass is 340 g/mol. The van der Waals surface area contributed by atoms with Crippen molar-refractivity contribution in [2.45, 2.75) is 45.1 Å². The van der Waals surface area contributed by atoms with Gasteiger partial charge in [-0.05, 0) is 55.3 Å². The van der Waals surface area contributed by atoms with Gasteiger partial charge in [-0.2, -0.15) is 0 Å². The van der Waals surface area contributed by atoms with E-state index in [1.807, 2.05) is 35.7 Å². The second-order valence-electron chi connectivity index (χ2n) is 6.41. The van der Waals surface area contributed by atoms with Crippen LogP contribution in [0, 0.1) is 6.92 Å². The molecule has 2 aromatic heterocycles. The third kappa shape index (κ3) is 3.11. The molecule has 3 heterocycles. The average molecular weight is 340 g/mol. The summed E-state index contributed by atoms with van der Waals surface area (Å²) >= 11 is 1.43. The molecule has 2 aliphatic rings. The first-order chi connectivity index (χ1) is 11.7. The predicted molar refractivity (Wildman–Crippen MR) is 97.9 cm³/mol. The van der Waals surface area contributed by atoms with E-state index in [1.54, 1.807) is 6.20 Å². The number of hydrogen-bond donors (Lipinski definition) is 1. The molecule has 1 saturated carbocycles. The van der Waals surface area contributed by atoms with E-state index >= 15 is 0 Å². The number of nitrogens with one attached hydrogen (secondary N) is 1. The van der Waals surface area contributed by atoms with E-state index < -0.39 is 0 Å². The maximum atomic E-state index is 12.2. The molecular formula is C18H20N4OS. The molecule has 1 saturated heterocycles. The van der Waals surface area contributed by atoms with Crippen molar-refractivity contribution in [3.63, 3.8) is 0 Å². The molecule has 24 heavy (non-hydrogen) atoms. The van der Waals surface area contributed by atoms with E-state index in [-0.39, 0.29) is 5.91 Å².